The van der Waals surface area contributed by atoms with Crippen molar-refractivity contribution < 1.29 is 4.79 Å². The molecular formula is C19H13N3OS. The number of thiophene rings is 1. The molecule has 24 heavy (non-hydrogen) atoms. The Hall–Kier alpha value is -3.05. The van der Waals surface area contributed by atoms with Gasteiger partial charge in [0.15, 0.2) is 0 Å². The number of anilines is 1. The van der Waals surface area contributed by atoms with E-state index in [1.165, 1.54) is 11.3 Å². The molecule has 0 saturated carbocycles. The lowest BCUT2D eigenvalue weighted by atomic mass is 10.0. The maximum Gasteiger partial charge on any atom is 0.268 e. The smallest absolute Gasteiger partial charge is 0.268 e. The van der Waals surface area contributed by atoms with Crippen molar-refractivity contribution in [2.24, 2.45) is 0 Å². The van der Waals surface area contributed by atoms with Crippen molar-refractivity contribution in [1.29, 1.82) is 0 Å². The van der Waals surface area contributed by atoms with Gasteiger partial charge in [0.05, 0.1) is 10.6 Å². The number of benzene rings is 2. The van der Waals surface area contributed by atoms with Crippen LogP contribution in [0, 0.1) is 0 Å². The van der Waals surface area contributed by atoms with Crippen LogP contribution in [0.15, 0.2) is 72.2 Å². The van der Waals surface area contributed by atoms with Crippen LogP contribution in [0.5, 0.6) is 0 Å². The summed E-state index contributed by atoms with van der Waals surface area (Å²) in [5.74, 6) is 0.110. The summed E-state index contributed by atoms with van der Waals surface area (Å²) >= 11 is 1.39. The molecule has 2 aromatic heterocycles. The summed E-state index contributed by atoms with van der Waals surface area (Å²) in [4.78, 5) is 21.4. The van der Waals surface area contributed by atoms with Crippen LogP contribution in [0.3, 0.4) is 0 Å². The van der Waals surface area contributed by atoms with Gasteiger partial charge in [-0.3, -0.25) is 10.1 Å². The van der Waals surface area contributed by atoms with Crippen molar-refractivity contribution in [3.8, 4) is 11.3 Å². The van der Waals surface area contributed by atoms with Crippen molar-refractivity contribution >= 4 is 34.0 Å². The third-order valence-corrected chi connectivity index (χ3v) is 4.56. The molecule has 2 heterocycles. The Morgan fingerprint density at radius 1 is 0.958 bits per heavy atom. The highest BCUT2D eigenvalue weighted by Gasteiger charge is 2.10. The third-order valence-electron chi connectivity index (χ3n) is 3.69. The van der Waals surface area contributed by atoms with Crippen LogP contribution < -0.4 is 5.32 Å². The first-order chi connectivity index (χ1) is 11.8. The first kappa shape index (κ1) is 14.5. The minimum absolute atomic E-state index is 0.194. The topological polar surface area (TPSA) is 54.9 Å². The summed E-state index contributed by atoms with van der Waals surface area (Å²) in [7, 11) is 0. The maximum absolute atomic E-state index is 12.2. The fourth-order valence-corrected chi connectivity index (χ4v) is 3.21. The van der Waals surface area contributed by atoms with Crippen LogP contribution in [-0.4, -0.2) is 15.9 Å². The van der Waals surface area contributed by atoms with Gasteiger partial charge in [-0.25, -0.2) is 9.97 Å². The molecule has 0 aliphatic carbocycles. The molecule has 0 fully saturated rings. The van der Waals surface area contributed by atoms with E-state index in [9.17, 15) is 4.79 Å². The Labute approximate surface area is 142 Å². The second-order valence-electron chi connectivity index (χ2n) is 5.22. The zero-order valence-corrected chi connectivity index (χ0v) is 13.5. The van der Waals surface area contributed by atoms with Crippen LogP contribution in [0.2, 0.25) is 0 Å². The van der Waals surface area contributed by atoms with E-state index in [0.717, 1.165) is 22.0 Å². The number of aromatic nitrogens is 2. The molecule has 1 N–H and O–H groups in total. The second kappa shape index (κ2) is 6.22. The van der Waals surface area contributed by atoms with Crippen LogP contribution in [0.4, 0.5) is 5.95 Å². The van der Waals surface area contributed by atoms with E-state index in [1.807, 2.05) is 41.8 Å². The first-order valence-corrected chi connectivity index (χ1v) is 8.35. The fraction of sp³-hybridized carbons (Fsp3) is 0. The Morgan fingerprint density at radius 2 is 1.83 bits per heavy atom. The quantitative estimate of drug-likeness (QED) is 0.596. The summed E-state index contributed by atoms with van der Waals surface area (Å²) in [6, 6.07) is 19.7. The Morgan fingerprint density at radius 3 is 2.71 bits per heavy atom. The van der Waals surface area contributed by atoms with Crippen molar-refractivity contribution in [3.63, 3.8) is 0 Å². The van der Waals surface area contributed by atoms with Crippen LogP contribution in [0.1, 0.15) is 9.67 Å². The second-order valence-corrected chi connectivity index (χ2v) is 6.17. The zero-order chi connectivity index (χ0) is 16.4. The van der Waals surface area contributed by atoms with E-state index < -0.39 is 0 Å². The summed E-state index contributed by atoms with van der Waals surface area (Å²) in [6.45, 7) is 0. The van der Waals surface area contributed by atoms with E-state index in [0.29, 0.717) is 10.8 Å². The molecule has 116 valence electrons. The maximum atomic E-state index is 12.2. The monoisotopic (exact) mass is 331 g/mol. The van der Waals surface area contributed by atoms with Gasteiger partial charge in [0.1, 0.15) is 0 Å². The largest absolute Gasteiger partial charge is 0.290 e. The molecule has 5 heteroatoms. The molecule has 0 aliphatic rings. The molecule has 0 saturated heterocycles. The van der Waals surface area contributed by atoms with Crippen molar-refractivity contribution in [2.75, 3.05) is 5.32 Å². The molecule has 0 radical (unpaired) electrons. The number of hydrogen-bond acceptors (Lipinski definition) is 4. The molecule has 0 bridgehead atoms. The summed E-state index contributed by atoms with van der Waals surface area (Å²) in [6.07, 6.45) is 1.66. The molecule has 0 unspecified atom stereocenters. The van der Waals surface area contributed by atoms with Crippen molar-refractivity contribution in [1.82, 2.24) is 9.97 Å². The Kier molecular flexibility index (Phi) is 3.76. The number of amides is 1. The van der Waals surface area contributed by atoms with Gasteiger partial charge >= 0.3 is 0 Å². The molecular weight excluding hydrogens is 318 g/mol. The summed E-state index contributed by atoms with van der Waals surface area (Å²) in [5.41, 5.74) is 1.80. The fourth-order valence-electron chi connectivity index (χ4n) is 2.59. The van der Waals surface area contributed by atoms with Crippen LogP contribution >= 0.6 is 11.3 Å². The van der Waals surface area contributed by atoms with E-state index in [2.05, 4.69) is 33.5 Å². The van der Waals surface area contributed by atoms with E-state index in [4.69, 9.17) is 0 Å². The van der Waals surface area contributed by atoms with E-state index in [1.54, 1.807) is 12.3 Å². The average Bonchev–Trinajstić information content (AvgIpc) is 3.16. The third kappa shape index (κ3) is 2.77. The number of nitrogens with zero attached hydrogens (tertiary/aromatic N) is 2. The van der Waals surface area contributed by atoms with Crippen molar-refractivity contribution in [3.05, 3.63) is 77.1 Å². The van der Waals surface area contributed by atoms with Gasteiger partial charge in [0.2, 0.25) is 5.95 Å². The normalized spacial score (nSPS) is 10.7. The predicted octanol–water partition coefficient (Wildman–Crippen LogP) is 4.61. The van der Waals surface area contributed by atoms with Gasteiger partial charge < -0.3 is 0 Å². The van der Waals surface area contributed by atoms with Gasteiger partial charge in [-0.2, -0.15) is 0 Å². The molecule has 0 atom stereocenters. The molecule has 0 spiro atoms. The van der Waals surface area contributed by atoms with Gasteiger partial charge in [-0.1, -0.05) is 48.5 Å². The number of carbonyl (C=O) groups is 1. The molecule has 0 aliphatic heterocycles. The van der Waals surface area contributed by atoms with Gasteiger partial charge in [0, 0.05) is 11.8 Å². The Balaban J connectivity index is 1.71. The molecule has 4 rings (SSSR count). The SMILES string of the molecule is O=C(Nc1nccc(-c2cccc3ccccc23)n1)c1cccs1. The molecule has 2 aromatic carbocycles. The molecule has 4 nitrogen and oxygen atoms in total. The molecule has 1 amide bonds. The van der Waals surface area contributed by atoms with Gasteiger partial charge in [-0.15, -0.1) is 11.3 Å². The highest BCUT2D eigenvalue weighted by Crippen LogP contribution is 2.27. The first-order valence-electron chi connectivity index (χ1n) is 7.47. The molecule has 4 aromatic rings. The van der Waals surface area contributed by atoms with Gasteiger partial charge in [-0.05, 0) is 28.3 Å². The lowest BCUT2D eigenvalue weighted by molar-refractivity contribution is 0.102. The minimum atomic E-state index is -0.194. The average molecular weight is 331 g/mol. The standard InChI is InChI=1S/C19H13N3OS/c23-18(17-9-4-12-24-17)22-19-20-11-10-16(21-19)15-8-3-6-13-5-1-2-7-14(13)15/h1-12H,(H,20,21,22,23). The Bertz CT molecular complexity index is 1010. The summed E-state index contributed by atoms with van der Waals surface area (Å²) < 4.78 is 0. The minimum Gasteiger partial charge on any atom is -0.290 e. The van der Waals surface area contributed by atoms with E-state index in [-0.39, 0.29) is 5.91 Å². The highest BCUT2D eigenvalue weighted by molar-refractivity contribution is 7.12. The lowest BCUT2D eigenvalue weighted by Gasteiger charge is -2.08. The number of rotatable bonds is 3. The zero-order valence-electron chi connectivity index (χ0n) is 12.6. The lowest BCUT2D eigenvalue weighted by Crippen LogP contribution is -2.12. The number of hydrogen-bond donors (Lipinski definition) is 1. The number of nitrogens with one attached hydrogen (secondary N) is 1. The van der Waals surface area contributed by atoms with E-state index >= 15 is 0 Å². The summed E-state index contributed by atoms with van der Waals surface area (Å²) in [5, 5.41) is 6.89. The van der Waals surface area contributed by atoms with Crippen LogP contribution in [0.25, 0.3) is 22.0 Å². The highest BCUT2D eigenvalue weighted by atomic mass is 32.1. The number of fused-ring (bicyclic) bond motifs is 1. The van der Waals surface area contributed by atoms with Crippen molar-refractivity contribution in [2.45, 2.75) is 0 Å². The number of carbonyl (C=O) groups excluding carboxylic acids is 1. The van der Waals surface area contributed by atoms with Gasteiger partial charge in [0.25, 0.3) is 5.91 Å². The predicted molar refractivity (Wildman–Crippen MR) is 97.2 cm³/mol. The van der Waals surface area contributed by atoms with Crippen LogP contribution in [-0.2, 0) is 0 Å².